The van der Waals surface area contributed by atoms with E-state index in [2.05, 4.69) is 20.3 Å². The van der Waals surface area contributed by atoms with Crippen LogP contribution < -0.4 is 4.85 Å². The van der Waals surface area contributed by atoms with Gasteiger partial charge in [0.25, 0.3) is 5.52 Å². The van der Waals surface area contributed by atoms with Crippen LogP contribution in [-0.2, 0) is 7.05 Å². The maximum absolute atomic E-state index is 12.2. The van der Waals surface area contributed by atoms with Gasteiger partial charge in [0.05, 0.1) is 11.8 Å². The number of nitrogens with zero attached hydrogens (tertiary/aromatic N) is 7. The summed E-state index contributed by atoms with van der Waals surface area (Å²) >= 11 is 6.02. The fraction of sp³-hybridized carbons (Fsp3) is 0.154. The van der Waals surface area contributed by atoms with E-state index in [0.29, 0.717) is 43.8 Å². The van der Waals surface area contributed by atoms with E-state index in [9.17, 15) is 5.21 Å². The summed E-state index contributed by atoms with van der Waals surface area (Å²) in [5, 5.41) is 25.3. The molecule has 0 amide bonds. The van der Waals surface area contributed by atoms with Crippen molar-refractivity contribution in [3.63, 3.8) is 0 Å². The molecule has 0 radical (unpaired) electrons. The van der Waals surface area contributed by atoms with Crippen molar-refractivity contribution in [1.29, 1.82) is 0 Å². The molecule has 3 aromatic heterocycles. The zero-order chi connectivity index (χ0) is 15.4. The van der Waals surface area contributed by atoms with Gasteiger partial charge in [-0.25, -0.2) is 14.2 Å². The summed E-state index contributed by atoms with van der Waals surface area (Å²) in [7, 11) is 1.78. The third-order valence-corrected chi connectivity index (χ3v) is 3.65. The van der Waals surface area contributed by atoms with Crippen LogP contribution in [0.15, 0.2) is 24.4 Å². The third-order valence-electron chi connectivity index (χ3n) is 3.41. The average Bonchev–Trinajstić information content (AvgIpc) is 3.01. The summed E-state index contributed by atoms with van der Waals surface area (Å²) in [6, 6.07) is 4.94. The molecule has 22 heavy (non-hydrogen) atoms. The van der Waals surface area contributed by atoms with E-state index in [1.807, 2.05) is 0 Å². The Kier molecular flexibility index (Phi) is 2.58. The first-order chi connectivity index (χ1) is 10.5. The molecule has 0 aliphatic rings. The molecule has 0 saturated heterocycles. The van der Waals surface area contributed by atoms with Gasteiger partial charge in [-0.1, -0.05) is 11.6 Å². The quantitative estimate of drug-likeness (QED) is 0.390. The zero-order valence-corrected chi connectivity index (χ0v) is 12.5. The summed E-state index contributed by atoms with van der Waals surface area (Å²) in [5.41, 5.74) is 2.01. The van der Waals surface area contributed by atoms with Crippen LogP contribution in [0.3, 0.4) is 0 Å². The smallest absolute Gasteiger partial charge is 0.270 e. The lowest BCUT2D eigenvalue weighted by Crippen LogP contribution is -2.33. The topological polar surface area (TPSA) is 87.8 Å². The van der Waals surface area contributed by atoms with Crippen molar-refractivity contribution in [2.45, 2.75) is 6.92 Å². The monoisotopic (exact) mass is 315 g/mol. The van der Waals surface area contributed by atoms with Crippen molar-refractivity contribution in [2.24, 2.45) is 7.05 Å². The Morgan fingerprint density at radius 3 is 2.86 bits per heavy atom. The number of hydrogen-bond donors (Lipinski definition) is 0. The van der Waals surface area contributed by atoms with Crippen LogP contribution in [0.25, 0.3) is 28.1 Å². The molecule has 110 valence electrons. The van der Waals surface area contributed by atoms with Gasteiger partial charge in [-0.05, 0) is 23.9 Å². The van der Waals surface area contributed by atoms with Crippen molar-refractivity contribution in [3.05, 3.63) is 40.5 Å². The van der Waals surface area contributed by atoms with Crippen molar-refractivity contribution in [3.8, 4) is 11.4 Å². The van der Waals surface area contributed by atoms with Crippen LogP contribution in [0, 0.1) is 12.1 Å². The van der Waals surface area contributed by atoms with Crippen LogP contribution in [0.1, 0.15) is 5.82 Å². The molecule has 0 spiro atoms. The Bertz CT molecular complexity index is 1040. The normalized spacial score (nSPS) is 11.6. The fourth-order valence-electron chi connectivity index (χ4n) is 2.49. The summed E-state index contributed by atoms with van der Waals surface area (Å²) in [6.45, 7) is 1.80. The lowest BCUT2D eigenvalue weighted by atomic mass is 10.3. The molecular weight excluding hydrogens is 306 g/mol. The summed E-state index contributed by atoms with van der Waals surface area (Å²) in [5.74, 6) is 1.23. The molecule has 8 nitrogen and oxygen atoms in total. The molecule has 0 aliphatic heterocycles. The maximum Gasteiger partial charge on any atom is 0.270 e. The lowest BCUT2D eigenvalue weighted by molar-refractivity contribution is -0.640. The third kappa shape index (κ3) is 1.74. The minimum atomic E-state index is 0.390. The molecule has 0 fully saturated rings. The highest BCUT2D eigenvalue weighted by Crippen LogP contribution is 2.24. The van der Waals surface area contributed by atoms with Crippen molar-refractivity contribution in [1.82, 2.24) is 29.5 Å². The van der Waals surface area contributed by atoms with E-state index in [4.69, 9.17) is 11.6 Å². The average molecular weight is 316 g/mol. The fourth-order valence-corrected chi connectivity index (χ4v) is 2.65. The van der Waals surface area contributed by atoms with Gasteiger partial charge in [0, 0.05) is 23.2 Å². The van der Waals surface area contributed by atoms with Crippen LogP contribution >= 0.6 is 11.6 Å². The van der Waals surface area contributed by atoms with E-state index in [-0.39, 0.29) is 0 Å². The van der Waals surface area contributed by atoms with E-state index in [0.717, 1.165) is 0 Å². The zero-order valence-electron chi connectivity index (χ0n) is 11.7. The number of aryl methyl sites for hydroxylation is 2. The molecule has 4 rings (SSSR count). The molecule has 0 N–H and O–H groups in total. The molecule has 0 atom stereocenters. The Morgan fingerprint density at radius 2 is 2.14 bits per heavy atom. The molecule has 0 bridgehead atoms. The van der Waals surface area contributed by atoms with Gasteiger partial charge in [0.2, 0.25) is 5.65 Å². The first kappa shape index (κ1) is 13.0. The number of benzene rings is 1. The van der Waals surface area contributed by atoms with E-state index in [1.165, 1.54) is 0 Å². The Morgan fingerprint density at radius 1 is 1.32 bits per heavy atom. The highest BCUT2D eigenvalue weighted by atomic mass is 35.5. The van der Waals surface area contributed by atoms with Crippen molar-refractivity contribution in [2.75, 3.05) is 0 Å². The summed E-state index contributed by atoms with van der Waals surface area (Å²) < 4.78 is 3.21. The van der Waals surface area contributed by atoms with E-state index < -0.39 is 0 Å². The predicted molar refractivity (Wildman–Crippen MR) is 79.2 cm³/mol. The predicted octanol–water partition coefficient (Wildman–Crippen LogP) is 1.27. The number of hydrogen-bond acceptors (Lipinski definition) is 5. The van der Waals surface area contributed by atoms with Crippen molar-refractivity contribution >= 4 is 28.3 Å². The summed E-state index contributed by atoms with van der Waals surface area (Å²) in [4.78, 5) is 4.92. The minimum Gasteiger partial charge on any atom is -0.594 e. The van der Waals surface area contributed by atoms with Gasteiger partial charge < -0.3 is 5.21 Å². The largest absolute Gasteiger partial charge is 0.594 e. The SMILES string of the molecule is Cc1nc(-c2cnn3c2n[n+]([O-])c2ccc(Cl)cc23)n(C)n1. The highest BCUT2D eigenvalue weighted by molar-refractivity contribution is 6.31. The minimum absolute atomic E-state index is 0.390. The molecule has 3 heterocycles. The maximum atomic E-state index is 12.2. The van der Waals surface area contributed by atoms with Crippen LogP contribution in [0.2, 0.25) is 5.02 Å². The van der Waals surface area contributed by atoms with E-state index in [1.54, 1.807) is 47.6 Å². The van der Waals surface area contributed by atoms with Crippen LogP contribution in [0.5, 0.6) is 0 Å². The molecule has 9 heteroatoms. The molecular formula is C13H10ClN7O. The second kappa shape index (κ2) is 4.38. The number of rotatable bonds is 1. The second-order valence-corrected chi connectivity index (χ2v) is 5.34. The highest BCUT2D eigenvalue weighted by Gasteiger charge is 2.20. The lowest BCUT2D eigenvalue weighted by Gasteiger charge is -2.02. The van der Waals surface area contributed by atoms with Gasteiger partial charge in [0.1, 0.15) is 11.3 Å². The van der Waals surface area contributed by atoms with Gasteiger partial charge in [0.15, 0.2) is 5.82 Å². The molecule has 0 saturated carbocycles. The van der Waals surface area contributed by atoms with Crippen molar-refractivity contribution < 1.29 is 4.85 Å². The number of halogens is 1. The van der Waals surface area contributed by atoms with Crippen LogP contribution in [0.4, 0.5) is 0 Å². The molecule has 0 aliphatic carbocycles. The van der Waals surface area contributed by atoms with Gasteiger partial charge in [-0.2, -0.15) is 10.2 Å². The number of aromatic nitrogens is 7. The Hall–Kier alpha value is -2.74. The Balaban J connectivity index is 2.11. The molecule has 4 aromatic rings. The van der Waals surface area contributed by atoms with Gasteiger partial charge in [-0.3, -0.25) is 0 Å². The molecule has 0 unspecified atom stereocenters. The summed E-state index contributed by atoms with van der Waals surface area (Å²) in [6.07, 6.45) is 1.62. The van der Waals surface area contributed by atoms with Crippen LogP contribution in [-0.4, -0.2) is 29.5 Å². The standard InChI is InChI=1S/C13H10ClN7O/c1-7-16-12(19(2)17-7)9-6-15-20-11-5-8(14)3-4-10(11)21(22)18-13(9)20/h3-6H,1-2H3. The first-order valence-electron chi connectivity index (χ1n) is 6.49. The van der Waals surface area contributed by atoms with E-state index >= 15 is 0 Å². The van der Waals surface area contributed by atoms with Gasteiger partial charge in [-0.15, -0.1) is 0 Å². The second-order valence-electron chi connectivity index (χ2n) is 4.91. The van der Waals surface area contributed by atoms with Gasteiger partial charge >= 0.3 is 0 Å². The first-order valence-corrected chi connectivity index (χ1v) is 6.87. The number of fused-ring (bicyclic) bond motifs is 3. The Labute approximate surface area is 129 Å². The molecule has 1 aromatic carbocycles.